The molecule has 0 N–H and O–H groups in total. The van der Waals surface area contributed by atoms with E-state index in [0.29, 0.717) is 22.7 Å². The van der Waals surface area contributed by atoms with Gasteiger partial charge in [0.15, 0.2) is 0 Å². The van der Waals surface area contributed by atoms with Gasteiger partial charge < -0.3 is 4.57 Å². The molecule has 5 heteroatoms. The molecule has 0 fully saturated rings. The van der Waals surface area contributed by atoms with Gasteiger partial charge in [-0.25, -0.2) is 9.37 Å². The van der Waals surface area contributed by atoms with Crippen LogP contribution in [0.2, 0.25) is 0 Å². The van der Waals surface area contributed by atoms with Crippen LogP contribution < -0.4 is 0 Å². The van der Waals surface area contributed by atoms with Crippen LogP contribution in [0.25, 0.3) is 11.0 Å². The van der Waals surface area contributed by atoms with E-state index in [2.05, 4.69) is 39.3 Å². The summed E-state index contributed by atoms with van der Waals surface area (Å²) in [5.41, 5.74) is 1.67. The van der Waals surface area contributed by atoms with Crippen LogP contribution in [0.3, 0.4) is 0 Å². The molecule has 0 aliphatic heterocycles. The van der Waals surface area contributed by atoms with E-state index in [1.807, 2.05) is 0 Å². The average molecular weight is 348 g/mol. The van der Waals surface area contributed by atoms with Gasteiger partial charge in [-0.05, 0) is 34.3 Å². The van der Waals surface area contributed by atoms with Crippen molar-refractivity contribution < 1.29 is 4.39 Å². The first-order valence-corrected chi connectivity index (χ1v) is 7.75. The molecular weight excluding hydrogens is 331 g/mol. The van der Waals surface area contributed by atoms with Crippen molar-refractivity contribution in [3.8, 4) is 0 Å². The molecule has 0 spiro atoms. The van der Waals surface area contributed by atoms with Crippen LogP contribution in [0, 0.1) is 11.7 Å². The SMILES string of the molecule is CC(C)CCn1c(CCCl)nc2cc(Br)c(F)cc21. The maximum Gasteiger partial charge on any atom is 0.139 e. The number of alkyl halides is 1. The number of halogens is 3. The van der Waals surface area contributed by atoms with Crippen molar-refractivity contribution in [2.45, 2.75) is 33.2 Å². The normalized spacial score (nSPS) is 11.7. The molecule has 19 heavy (non-hydrogen) atoms. The number of benzene rings is 1. The summed E-state index contributed by atoms with van der Waals surface area (Å²) in [5, 5.41) is 0. The van der Waals surface area contributed by atoms with Crippen LogP contribution in [0.1, 0.15) is 26.1 Å². The number of imidazole rings is 1. The molecule has 2 rings (SSSR count). The molecule has 1 aromatic heterocycles. The lowest BCUT2D eigenvalue weighted by atomic mass is 10.1. The molecule has 0 atom stereocenters. The molecule has 2 aromatic rings. The second-order valence-electron chi connectivity index (χ2n) is 5.06. The average Bonchev–Trinajstić information content (AvgIpc) is 2.65. The van der Waals surface area contributed by atoms with Gasteiger partial charge in [-0.15, -0.1) is 11.6 Å². The molecule has 104 valence electrons. The van der Waals surface area contributed by atoms with Crippen LogP contribution in [0.4, 0.5) is 4.39 Å². The molecule has 0 aliphatic rings. The second-order valence-corrected chi connectivity index (χ2v) is 6.29. The largest absolute Gasteiger partial charge is 0.328 e. The summed E-state index contributed by atoms with van der Waals surface area (Å²) in [4.78, 5) is 4.56. The van der Waals surface area contributed by atoms with E-state index in [1.54, 1.807) is 12.1 Å². The number of aryl methyl sites for hydroxylation is 2. The van der Waals surface area contributed by atoms with E-state index in [0.717, 1.165) is 29.8 Å². The number of aromatic nitrogens is 2. The zero-order valence-electron chi connectivity index (χ0n) is 11.1. The molecule has 0 saturated carbocycles. The van der Waals surface area contributed by atoms with Gasteiger partial charge in [-0.2, -0.15) is 0 Å². The van der Waals surface area contributed by atoms with Gasteiger partial charge in [-0.1, -0.05) is 13.8 Å². The van der Waals surface area contributed by atoms with Crippen LogP contribution in [-0.2, 0) is 13.0 Å². The minimum Gasteiger partial charge on any atom is -0.328 e. The third-order valence-electron chi connectivity index (χ3n) is 3.12. The monoisotopic (exact) mass is 346 g/mol. The predicted octanol–water partition coefficient (Wildman–Crippen LogP) is 4.77. The molecule has 0 amide bonds. The maximum atomic E-state index is 13.7. The molecular formula is C14H17BrClFN2. The van der Waals surface area contributed by atoms with Crippen molar-refractivity contribution in [3.63, 3.8) is 0 Å². The number of rotatable bonds is 5. The first-order chi connectivity index (χ1) is 9.02. The van der Waals surface area contributed by atoms with Gasteiger partial charge in [0.25, 0.3) is 0 Å². The smallest absolute Gasteiger partial charge is 0.139 e. The van der Waals surface area contributed by atoms with Crippen molar-refractivity contribution in [2.75, 3.05) is 5.88 Å². The highest BCUT2D eigenvalue weighted by molar-refractivity contribution is 9.10. The Morgan fingerprint density at radius 3 is 2.79 bits per heavy atom. The summed E-state index contributed by atoms with van der Waals surface area (Å²) in [6.07, 6.45) is 1.74. The van der Waals surface area contributed by atoms with E-state index in [-0.39, 0.29) is 5.82 Å². The lowest BCUT2D eigenvalue weighted by molar-refractivity contribution is 0.513. The fourth-order valence-corrected chi connectivity index (χ4v) is 2.58. The van der Waals surface area contributed by atoms with Gasteiger partial charge in [0.1, 0.15) is 11.6 Å². The Morgan fingerprint density at radius 2 is 2.16 bits per heavy atom. The molecule has 1 heterocycles. The quantitative estimate of drug-likeness (QED) is 0.713. The minimum atomic E-state index is -0.254. The molecule has 1 aromatic carbocycles. The second kappa shape index (κ2) is 6.23. The highest BCUT2D eigenvalue weighted by Crippen LogP contribution is 2.25. The van der Waals surface area contributed by atoms with E-state index in [9.17, 15) is 4.39 Å². The third kappa shape index (κ3) is 3.29. The standard InChI is InChI=1S/C14H17BrClFN2/c1-9(2)4-6-19-13-8-11(17)10(15)7-12(13)18-14(19)3-5-16/h7-9H,3-6H2,1-2H3. The molecule has 0 unspecified atom stereocenters. The Labute approximate surface area is 126 Å². The lowest BCUT2D eigenvalue weighted by Crippen LogP contribution is -2.07. The predicted molar refractivity (Wildman–Crippen MR) is 81.3 cm³/mol. The topological polar surface area (TPSA) is 17.8 Å². The molecule has 2 nitrogen and oxygen atoms in total. The summed E-state index contributed by atoms with van der Waals surface area (Å²) >= 11 is 9.03. The summed E-state index contributed by atoms with van der Waals surface area (Å²) in [6, 6.07) is 3.28. The first kappa shape index (κ1) is 14.8. The Hall–Kier alpha value is -0.610. The highest BCUT2D eigenvalue weighted by atomic mass is 79.9. The molecule has 0 aliphatic carbocycles. The number of hydrogen-bond donors (Lipinski definition) is 0. The molecule has 0 radical (unpaired) electrons. The Morgan fingerprint density at radius 1 is 1.42 bits per heavy atom. The fraction of sp³-hybridized carbons (Fsp3) is 0.500. The van der Waals surface area contributed by atoms with Gasteiger partial charge in [0, 0.05) is 24.9 Å². The number of hydrogen-bond acceptors (Lipinski definition) is 1. The lowest BCUT2D eigenvalue weighted by Gasteiger charge is -2.10. The summed E-state index contributed by atoms with van der Waals surface area (Å²) in [6.45, 7) is 5.20. The van der Waals surface area contributed by atoms with Gasteiger partial charge >= 0.3 is 0 Å². The molecule has 0 saturated heterocycles. The highest BCUT2D eigenvalue weighted by Gasteiger charge is 2.13. The van der Waals surface area contributed by atoms with Crippen LogP contribution >= 0.6 is 27.5 Å². The zero-order valence-corrected chi connectivity index (χ0v) is 13.4. The van der Waals surface area contributed by atoms with Crippen molar-refractivity contribution in [3.05, 3.63) is 28.2 Å². The van der Waals surface area contributed by atoms with E-state index in [1.165, 1.54) is 0 Å². The van der Waals surface area contributed by atoms with E-state index >= 15 is 0 Å². The summed E-state index contributed by atoms with van der Waals surface area (Å²) in [5.74, 6) is 1.80. The third-order valence-corrected chi connectivity index (χ3v) is 3.91. The van der Waals surface area contributed by atoms with Crippen molar-refractivity contribution in [1.82, 2.24) is 9.55 Å². The number of nitrogens with zero attached hydrogens (tertiary/aromatic N) is 2. The minimum absolute atomic E-state index is 0.254. The van der Waals surface area contributed by atoms with Crippen molar-refractivity contribution in [1.29, 1.82) is 0 Å². The summed E-state index contributed by atoms with van der Waals surface area (Å²) < 4.78 is 16.2. The zero-order chi connectivity index (χ0) is 14.0. The number of fused-ring (bicyclic) bond motifs is 1. The van der Waals surface area contributed by atoms with Crippen molar-refractivity contribution in [2.24, 2.45) is 5.92 Å². The van der Waals surface area contributed by atoms with Gasteiger partial charge in [0.05, 0.1) is 15.5 Å². The van der Waals surface area contributed by atoms with Crippen molar-refractivity contribution >= 4 is 38.6 Å². The Balaban J connectivity index is 2.48. The van der Waals surface area contributed by atoms with Crippen LogP contribution in [-0.4, -0.2) is 15.4 Å². The van der Waals surface area contributed by atoms with E-state index in [4.69, 9.17) is 11.6 Å². The Kier molecular flexibility index (Phi) is 4.85. The molecule has 0 bridgehead atoms. The Bertz CT molecular complexity index is 580. The van der Waals surface area contributed by atoms with Crippen LogP contribution in [0.15, 0.2) is 16.6 Å². The van der Waals surface area contributed by atoms with Gasteiger partial charge in [-0.3, -0.25) is 0 Å². The summed E-state index contributed by atoms with van der Waals surface area (Å²) in [7, 11) is 0. The van der Waals surface area contributed by atoms with E-state index < -0.39 is 0 Å². The van der Waals surface area contributed by atoms with Gasteiger partial charge in [0.2, 0.25) is 0 Å². The fourth-order valence-electron chi connectivity index (χ4n) is 2.08. The first-order valence-electron chi connectivity index (χ1n) is 6.43. The van der Waals surface area contributed by atoms with Crippen LogP contribution in [0.5, 0.6) is 0 Å². The maximum absolute atomic E-state index is 13.7.